The van der Waals surface area contributed by atoms with Gasteiger partial charge in [-0.25, -0.2) is 0 Å². The zero-order chi connectivity index (χ0) is 22.9. The van der Waals surface area contributed by atoms with Gasteiger partial charge in [-0.3, -0.25) is 4.79 Å². The number of hydrogen-bond donors (Lipinski definition) is 4. The first-order chi connectivity index (χ1) is 16.0. The third-order valence-electron chi connectivity index (χ3n) is 6.41. The molecule has 6 nitrogen and oxygen atoms in total. The largest absolute Gasteiger partial charge is 0.508 e. The monoisotopic (exact) mass is 442 g/mol. The first-order valence-corrected chi connectivity index (χ1v) is 11.2. The molecule has 3 aromatic rings. The van der Waals surface area contributed by atoms with Gasteiger partial charge in [-0.05, 0) is 67.3 Å². The number of ether oxygens (including phenoxy) is 1. The highest BCUT2D eigenvalue weighted by Crippen LogP contribution is 2.52. The predicted molar refractivity (Wildman–Crippen MR) is 128 cm³/mol. The van der Waals surface area contributed by atoms with Gasteiger partial charge in [0.25, 0.3) is 5.91 Å². The van der Waals surface area contributed by atoms with Crippen LogP contribution in [-0.2, 0) is 0 Å². The summed E-state index contributed by atoms with van der Waals surface area (Å²) in [4.78, 5) is 13.3. The zero-order valence-electron chi connectivity index (χ0n) is 18.3. The van der Waals surface area contributed by atoms with Crippen molar-refractivity contribution in [2.75, 3.05) is 17.2 Å². The number of nitrogens with one attached hydrogen (secondary N) is 2. The van der Waals surface area contributed by atoms with E-state index in [4.69, 9.17) is 4.74 Å². The Morgan fingerprint density at radius 2 is 1.91 bits per heavy atom. The smallest absolute Gasteiger partial charge is 0.257 e. The second-order valence-electron chi connectivity index (χ2n) is 8.40. The number of fused-ring (bicyclic) bond motifs is 3. The van der Waals surface area contributed by atoms with E-state index >= 15 is 0 Å². The van der Waals surface area contributed by atoms with Crippen molar-refractivity contribution in [1.82, 2.24) is 0 Å². The first-order valence-electron chi connectivity index (χ1n) is 11.2. The van der Waals surface area contributed by atoms with Crippen molar-refractivity contribution in [3.8, 4) is 17.2 Å². The van der Waals surface area contributed by atoms with Crippen molar-refractivity contribution in [3.63, 3.8) is 0 Å². The minimum absolute atomic E-state index is 0.0176. The minimum Gasteiger partial charge on any atom is -0.508 e. The van der Waals surface area contributed by atoms with E-state index in [2.05, 4.69) is 28.9 Å². The van der Waals surface area contributed by atoms with Gasteiger partial charge in [0.1, 0.15) is 17.2 Å². The summed E-state index contributed by atoms with van der Waals surface area (Å²) >= 11 is 0. The zero-order valence-corrected chi connectivity index (χ0v) is 18.3. The van der Waals surface area contributed by atoms with Crippen LogP contribution in [0.2, 0.25) is 0 Å². The van der Waals surface area contributed by atoms with E-state index in [0.717, 1.165) is 23.4 Å². The fraction of sp³-hybridized carbons (Fsp3) is 0.222. The maximum absolute atomic E-state index is 13.3. The highest BCUT2D eigenvalue weighted by atomic mass is 16.5. The van der Waals surface area contributed by atoms with Crippen molar-refractivity contribution < 1.29 is 19.7 Å². The van der Waals surface area contributed by atoms with Gasteiger partial charge in [-0.15, -0.1) is 0 Å². The van der Waals surface area contributed by atoms with Crippen molar-refractivity contribution in [3.05, 3.63) is 89.5 Å². The van der Waals surface area contributed by atoms with Crippen LogP contribution >= 0.6 is 0 Å². The van der Waals surface area contributed by atoms with Crippen LogP contribution in [0.25, 0.3) is 0 Å². The van der Waals surface area contributed by atoms with Crippen molar-refractivity contribution in [1.29, 1.82) is 0 Å². The maximum atomic E-state index is 13.3. The number of para-hydroxylation sites is 1. The third-order valence-corrected chi connectivity index (χ3v) is 6.41. The number of benzene rings is 3. The molecule has 0 saturated carbocycles. The van der Waals surface area contributed by atoms with Gasteiger partial charge in [-0.2, -0.15) is 0 Å². The van der Waals surface area contributed by atoms with Crippen molar-refractivity contribution >= 4 is 17.3 Å². The molecule has 6 heteroatoms. The number of phenolic OH excluding ortho intramolecular Hbond substituents is 2. The van der Waals surface area contributed by atoms with Gasteiger partial charge in [-0.1, -0.05) is 24.3 Å². The standard InChI is InChI=1S/C27H26N2O4/c1-2-33-18-12-9-16(10-13-18)28-27(32)23-8-4-7-21-19-5-3-6-20(19)25(29-26(21)23)22-14-11-17(30)15-24(22)31/h3-5,7-15,19-20,25,29-31H,2,6H2,1H3,(H,28,32). The van der Waals surface area contributed by atoms with Crippen LogP contribution in [0.4, 0.5) is 11.4 Å². The Hall–Kier alpha value is -3.93. The molecule has 3 unspecified atom stereocenters. The minimum atomic E-state index is -0.211. The molecule has 1 aliphatic carbocycles. The molecule has 3 atom stereocenters. The quantitative estimate of drug-likeness (QED) is 0.388. The molecule has 0 radical (unpaired) electrons. The molecule has 1 aliphatic heterocycles. The normalized spacial score (nSPS) is 20.5. The van der Waals surface area contributed by atoms with Gasteiger partial charge < -0.3 is 25.6 Å². The van der Waals surface area contributed by atoms with E-state index in [1.807, 2.05) is 43.3 Å². The van der Waals surface area contributed by atoms with Gasteiger partial charge in [0.15, 0.2) is 0 Å². The molecule has 1 heterocycles. The number of anilines is 2. The summed E-state index contributed by atoms with van der Waals surface area (Å²) in [7, 11) is 0. The van der Waals surface area contributed by atoms with Crippen LogP contribution in [0.3, 0.4) is 0 Å². The van der Waals surface area contributed by atoms with Crippen LogP contribution in [0.5, 0.6) is 17.2 Å². The van der Waals surface area contributed by atoms with Crippen LogP contribution in [0.1, 0.15) is 46.8 Å². The van der Waals surface area contributed by atoms with Crippen molar-refractivity contribution in [2.24, 2.45) is 5.92 Å². The topological polar surface area (TPSA) is 90.8 Å². The molecule has 0 bridgehead atoms. The predicted octanol–water partition coefficient (Wildman–Crippen LogP) is 5.58. The molecular weight excluding hydrogens is 416 g/mol. The number of amides is 1. The van der Waals surface area contributed by atoms with E-state index in [1.54, 1.807) is 12.1 Å². The lowest BCUT2D eigenvalue weighted by Crippen LogP contribution is -2.31. The summed E-state index contributed by atoms with van der Waals surface area (Å²) in [6, 6.07) is 17.5. The number of aromatic hydroxyl groups is 2. The molecule has 5 rings (SSSR count). The molecule has 0 aromatic heterocycles. The summed E-state index contributed by atoms with van der Waals surface area (Å²) in [6.45, 7) is 2.51. The summed E-state index contributed by atoms with van der Waals surface area (Å²) in [5.74, 6) is 0.944. The number of allylic oxidation sites excluding steroid dienone is 2. The second-order valence-corrected chi connectivity index (χ2v) is 8.40. The highest BCUT2D eigenvalue weighted by molar-refractivity contribution is 6.08. The van der Waals surface area contributed by atoms with Gasteiger partial charge in [0.2, 0.25) is 0 Å². The maximum Gasteiger partial charge on any atom is 0.257 e. The van der Waals surface area contributed by atoms with Gasteiger partial charge >= 0.3 is 0 Å². The lowest BCUT2D eigenvalue weighted by molar-refractivity contribution is 0.102. The van der Waals surface area contributed by atoms with Gasteiger partial charge in [0.05, 0.1) is 23.9 Å². The average molecular weight is 443 g/mol. The van der Waals surface area contributed by atoms with Crippen LogP contribution in [0.15, 0.2) is 72.8 Å². The molecule has 33 heavy (non-hydrogen) atoms. The summed E-state index contributed by atoms with van der Waals surface area (Å²) in [6.07, 6.45) is 5.21. The van der Waals surface area contributed by atoms with E-state index in [1.165, 1.54) is 6.07 Å². The Morgan fingerprint density at radius 3 is 2.67 bits per heavy atom. The lowest BCUT2D eigenvalue weighted by atomic mass is 9.76. The van der Waals surface area contributed by atoms with E-state index < -0.39 is 0 Å². The Morgan fingerprint density at radius 1 is 1.09 bits per heavy atom. The molecule has 1 amide bonds. The average Bonchev–Trinajstić information content (AvgIpc) is 3.30. The van der Waals surface area contributed by atoms with Crippen molar-refractivity contribution in [2.45, 2.75) is 25.3 Å². The van der Waals surface area contributed by atoms with Crippen LogP contribution in [-0.4, -0.2) is 22.7 Å². The number of carbonyl (C=O) groups is 1. The molecule has 0 fully saturated rings. The SMILES string of the molecule is CCOc1ccc(NC(=O)c2cccc3c2NC(c2ccc(O)cc2O)C2CC=CC32)cc1. The summed E-state index contributed by atoms with van der Waals surface area (Å²) < 4.78 is 5.47. The number of carbonyl (C=O) groups excluding carboxylic acids is 1. The highest BCUT2D eigenvalue weighted by Gasteiger charge is 2.40. The lowest BCUT2D eigenvalue weighted by Gasteiger charge is -2.38. The fourth-order valence-electron chi connectivity index (χ4n) is 4.91. The molecular formula is C27H26N2O4. The van der Waals surface area contributed by atoms with Crippen LogP contribution in [0, 0.1) is 5.92 Å². The Labute approximate surface area is 192 Å². The molecule has 168 valence electrons. The third kappa shape index (κ3) is 3.89. The summed E-state index contributed by atoms with van der Waals surface area (Å²) in [5, 5.41) is 26.8. The molecule has 0 saturated heterocycles. The number of phenols is 2. The molecule has 0 spiro atoms. The Balaban J connectivity index is 1.48. The van der Waals surface area contributed by atoms with E-state index in [0.29, 0.717) is 23.4 Å². The summed E-state index contributed by atoms with van der Waals surface area (Å²) in [5.41, 5.74) is 3.78. The molecule has 3 aromatic carbocycles. The van der Waals surface area contributed by atoms with Crippen LogP contribution < -0.4 is 15.4 Å². The number of hydrogen-bond acceptors (Lipinski definition) is 5. The second kappa shape index (κ2) is 8.54. The van der Waals surface area contributed by atoms with Gasteiger partial charge in [0, 0.05) is 23.2 Å². The number of rotatable bonds is 5. The van der Waals surface area contributed by atoms with E-state index in [-0.39, 0.29) is 35.3 Å². The first kappa shape index (κ1) is 20.9. The fourth-order valence-corrected chi connectivity index (χ4v) is 4.91. The molecule has 4 N–H and O–H groups in total. The Kier molecular flexibility index (Phi) is 5.42. The Bertz CT molecular complexity index is 1220. The van der Waals surface area contributed by atoms with E-state index in [9.17, 15) is 15.0 Å². The molecule has 2 aliphatic rings.